The van der Waals surface area contributed by atoms with Crippen LogP contribution in [0.1, 0.15) is 93.3 Å². The number of fused-ring (bicyclic) bond motifs is 6. The molecule has 2 aromatic carbocycles. The summed E-state index contributed by atoms with van der Waals surface area (Å²) in [4.78, 5) is 54.8. The molecule has 5 aliphatic rings. The number of rotatable bonds is 6. The second-order valence-corrected chi connectivity index (χ2v) is 16.5. The highest BCUT2D eigenvalue weighted by Gasteiger charge is 2.60. The Morgan fingerprint density at radius 1 is 0.902 bits per heavy atom. The Labute approximate surface area is 298 Å². The number of nitrogens with zero attached hydrogens (tertiary/aromatic N) is 3. The molecule has 7 atom stereocenters. The largest absolute Gasteiger partial charge is 0.368 e. The Bertz CT molecular complexity index is 1920. The number of ether oxygens (including phenoxy) is 1. The molecule has 1 unspecified atom stereocenters. The molecule has 2 amide bonds. The molecule has 3 aromatic rings. The molecule has 1 saturated heterocycles. The van der Waals surface area contributed by atoms with Crippen LogP contribution >= 0.6 is 0 Å². The van der Waals surface area contributed by atoms with E-state index >= 15 is 4.39 Å². The number of piperazine rings is 1. The fourth-order valence-electron chi connectivity index (χ4n) is 11.2. The first kappa shape index (κ1) is 34.2. The lowest BCUT2D eigenvalue weighted by Crippen LogP contribution is -2.54. The van der Waals surface area contributed by atoms with E-state index in [0.717, 1.165) is 44.9 Å². The van der Waals surface area contributed by atoms with Gasteiger partial charge >= 0.3 is 0 Å². The Hall–Kier alpha value is -3.92. The number of amides is 2. The van der Waals surface area contributed by atoms with Gasteiger partial charge in [-0.3, -0.25) is 19.2 Å². The average Bonchev–Trinajstić information content (AvgIpc) is 3.48. The molecule has 2 heterocycles. The van der Waals surface area contributed by atoms with Crippen molar-refractivity contribution in [3.63, 3.8) is 0 Å². The molecule has 4 aliphatic carbocycles. The monoisotopic (exact) mass is 696 g/mol. The summed E-state index contributed by atoms with van der Waals surface area (Å²) < 4.78 is 21.5. The first-order valence-electron chi connectivity index (χ1n) is 19.0. The van der Waals surface area contributed by atoms with E-state index in [0.29, 0.717) is 84.1 Å². The minimum atomic E-state index is -0.594. The number of nitrogens with one attached hydrogen (secondary N) is 1. The van der Waals surface area contributed by atoms with Gasteiger partial charge in [0.25, 0.3) is 11.5 Å². The quantitative estimate of drug-likeness (QED) is 0.342. The van der Waals surface area contributed by atoms with E-state index in [-0.39, 0.29) is 40.6 Å². The minimum Gasteiger partial charge on any atom is -0.368 e. The molecule has 1 aliphatic heterocycles. The van der Waals surface area contributed by atoms with Crippen molar-refractivity contribution in [1.82, 2.24) is 20.0 Å². The maximum Gasteiger partial charge on any atom is 0.272 e. The number of benzene rings is 2. The molecule has 5 fully saturated rings. The van der Waals surface area contributed by atoms with Gasteiger partial charge in [-0.1, -0.05) is 38.1 Å². The summed E-state index contributed by atoms with van der Waals surface area (Å²) in [5.74, 6) is 1.91. The molecule has 1 N–H and O–H groups in total. The SMILES string of the molecule is C[C@]12CCC(=O)C[C@@H]1CC[C@@H]1[C@@H]2CC[C@]2(C)C(OCC(=O)N3CCN(C(=O)c4cc(Cc5n[nH]c(=O)c6ccccc56)ccc4F)CC3)CC[C@@H]12. The zero-order valence-electron chi connectivity index (χ0n) is 29.8. The van der Waals surface area contributed by atoms with Crippen molar-refractivity contribution in [3.05, 3.63) is 75.5 Å². The second kappa shape index (κ2) is 13.2. The van der Waals surface area contributed by atoms with Crippen LogP contribution in [-0.2, 0) is 20.7 Å². The van der Waals surface area contributed by atoms with Crippen LogP contribution in [0.3, 0.4) is 0 Å². The number of hydrogen-bond acceptors (Lipinski definition) is 6. The first-order valence-corrected chi connectivity index (χ1v) is 19.0. The van der Waals surface area contributed by atoms with Gasteiger partial charge in [-0.15, -0.1) is 0 Å². The highest BCUT2D eigenvalue weighted by molar-refractivity contribution is 5.95. The summed E-state index contributed by atoms with van der Waals surface area (Å²) in [7, 11) is 0. The van der Waals surface area contributed by atoms with Gasteiger partial charge in [0.05, 0.1) is 22.7 Å². The fourth-order valence-corrected chi connectivity index (χ4v) is 11.2. The van der Waals surface area contributed by atoms with Crippen LogP contribution in [0.25, 0.3) is 10.8 Å². The van der Waals surface area contributed by atoms with Crippen LogP contribution in [0.15, 0.2) is 47.3 Å². The Morgan fingerprint density at radius 3 is 2.45 bits per heavy atom. The van der Waals surface area contributed by atoms with Crippen molar-refractivity contribution >= 4 is 28.4 Å². The average molecular weight is 697 g/mol. The molecule has 51 heavy (non-hydrogen) atoms. The van der Waals surface area contributed by atoms with Gasteiger partial charge < -0.3 is 14.5 Å². The van der Waals surface area contributed by atoms with Crippen molar-refractivity contribution in [2.24, 2.45) is 34.5 Å². The minimum absolute atomic E-state index is 0.0115. The number of hydrogen-bond donors (Lipinski definition) is 1. The van der Waals surface area contributed by atoms with Crippen LogP contribution in [0.4, 0.5) is 4.39 Å². The smallest absolute Gasteiger partial charge is 0.272 e. The van der Waals surface area contributed by atoms with E-state index in [4.69, 9.17) is 4.74 Å². The molecule has 1 aromatic heterocycles. The third kappa shape index (κ3) is 6.01. The Morgan fingerprint density at radius 2 is 1.65 bits per heavy atom. The lowest BCUT2D eigenvalue weighted by atomic mass is 9.45. The standard InChI is InChI=1S/C41H49FN4O5/c1-40-15-13-27(47)23-26(40)8-9-30-32-10-12-36(41(32,2)16-14-33(30)40)51-24-37(48)45-17-19-46(20-18-45)39(50)31-21-25(7-11-34(31)42)22-35-28-5-3-4-6-29(28)38(49)44-43-35/h3-7,11,21,26,30,32-33,36H,8-10,12-20,22-24H2,1-2H3,(H,44,49)/t26-,30-,32-,33-,36?,40-,41-/m0/s1. The van der Waals surface area contributed by atoms with E-state index in [1.54, 1.807) is 34.1 Å². The molecule has 0 bridgehead atoms. The van der Waals surface area contributed by atoms with Crippen molar-refractivity contribution in [1.29, 1.82) is 0 Å². The lowest BCUT2D eigenvalue weighted by molar-refractivity contribution is -0.153. The molecular formula is C41H49FN4O5. The van der Waals surface area contributed by atoms with Crippen LogP contribution in [0.2, 0.25) is 0 Å². The van der Waals surface area contributed by atoms with E-state index in [1.165, 1.54) is 18.9 Å². The van der Waals surface area contributed by atoms with Crippen LogP contribution in [0.5, 0.6) is 0 Å². The zero-order chi connectivity index (χ0) is 35.5. The molecular weight excluding hydrogens is 647 g/mol. The molecule has 10 heteroatoms. The van der Waals surface area contributed by atoms with Crippen LogP contribution < -0.4 is 5.56 Å². The van der Waals surface area contributed by atoms with E-state index < -0.39 is 11.7 Å². The van der Waals surface area contributed by atoms with Crippen LogP contribution in [-0.4, -0.2) is 76.5 Å². The molecule has 270 valence electrons. The predicted molar refractivity (Wildman–Crippen MR) is 191 cm³/mol. The van der Waals surface area contributed by atoms with E-state index in [9.17, 15) is 19.2 Å². The topological polar surface area (TPSA) is 113 Å². The third-order valence-electron chi connectivity index (χ3n) is 14.1. The number of H-pyrrole nitrogens is 1. The molecule has 0 spiro atoms. The summed E-state index contributed by atoms with van der Waals surface area (Å²) in [6, 6.07) is 11.7. The molecule has 0 radical (unpaired) electrons. The Kier molecular flexibility index (Phi) is 8.88. The maximum atomic E-state index is 15.0. The number of Topliss-reactive ketones (excluding diaryl/α,β-unsaturated/α-hetero) is 1. The van der Waals surface area contributed by atoms with E-state index in [1.807, 2.05) is 12.1 Å². The van der Waals surface area contributed by atoms with Crippen molar-refractivity contribution < 1.29 is 23.5 Å². The number of carbonyl (C=O) groups is 3. The van der Waals surface area contributed by atoms with E-state index in [2.05, 4.69) is 24.0 Å². The fraction of sp³-hybridized carbons (Fsp3) is 0.585. The number of halogens is 1. The summed E-state index contributed by atoms with van der Waals surface area (Å²) in [5, 5.41) is 8.00. The number of ketones is 1. The van der Waals surface area contributed by atoms with Gasteiger partial charge in [-0.05, 0) is 103 Å². The second-order valence-electron chi connectivity index (χ2n) is 16.5. The van der Waals surface area contributed by atoms with Gasteiger partial charge in [0.15, 0.2) is 0 Å². The number of aromatic nitrogens is 2. The molecule has 4 saturated carbocycles. The maximum absolute atomic E-state index is 15.0. The summed E-state index contributed by atoms with van der Waals surface area (Å²) >= 11 is 0. The lowest BCUT2D eigenvalue weighted by Gasteiger charge is -2.60. The highest BCUT2D eigenvalue weighted by atomic mass is 19.1. The van der Waals surface area contributed by atoms with Gasteiger partial charge in [-0.25, -0.2) is 9.49 Å². The summed E-state index contributed by atoms with van der Waals surface area (Å²) in [5.41, 5.74) is 1.41. The predicted octanol–water partition coefficient (Wildman–Crippen LogP) is 5.93. The van der Waals surface area contributed by atoms with Crippen molar-refractivity contribution in [2.75, 3.05) is 32.8 Å². The number of aromatic amines is 1. The third-order valence-corrected chi connectivity index (χ3v) is 14.1. The highest BCUT2D eigenvalue weighted by Crippen LogP contribution is 2.66. The van der Waals surface area contributed by atoms with Crippen LogP contribution in [0, 0.1) is 40.3 Å². The van der Waals surface area contributed by atoms with Crippen molar-refractivity contribution in [2.45, 2.75) is 84.2 Å². The molecule has 8 rings (SSSR count). The summed E-state index contributed by atoms with van der Waals surface area (Å²) in [6.45, 7) is 6.30. The van der Waals surface area contributed by atoms with Gasteiger partial charge in [-0.2, -0.15) is 5.10 Å². The zero-order valence-corrected chi connectivity index (χ0v) is 29.8. The number of carbonyl (C=O) groups excluding carboxylic acids is 3. The molecule has 9 nitrogen and oxygen atoms in total. The summed E-state index contributed by atoms with van der Waals surface area (Å²) in [6.07, 6.45) is 9.76. The normalized spacial score (nSPS) is 32.0. The van der Waals surface area contributed by atoms with Gasteiger partial charge in [0.2, 0.25) is 5.91 Å². The van der Waals surface area contributed by atoms with Gasteiger partial charge in [0, 0.05) is 50.8 Å². The Balaban J connectivity index is 0.857. The van der Waals surface area contributed by atoms with Crippen molar-refractivity contribution in [3.8, 4) is 0 Å². The first-order chi connectivity index (χ1) is 24.5. The van der Waals surface area contributed by atoms with Gasteiger partial charge in [0.1, 0.15) is 18.2 Å².